The highest BCUT2D eigenvalue weighted by molar-refractivity contribution is 6.96. The van der Waals surface area contributed by atoms with Gasteiger partial charge in [-0.05, 0) is 57.8 Å². The van der Waals surface area contributed by atoms with Crippen molar-refractivity contribution in [1.29, 1.82) is 0 Å². The van der Waals surface area contributed by atoms with Crippen LogP contribution in [0.5, 0.6) is 0 Å². The predicted molar refractivity (Wildman–Crippen MR) is 164 cm³/mol. The SMILES string of the molecule is CCCCOC[Si]1(C2CCCC2)O[Si](COCCCC)(C2CCCC2)O[Si](COCCCC)(C2CCCC2)O1. The largest absolute Gasteiger partial charge is 0.412 e. The Morgan fingerprint density at radius 1 is 0.462 bits per heavy atom. The molecule has 1 aliphatic heterocycles. The van der Waals surface area contributed by atoms with Crippen LogP contribution in [0.25, 0.3) is 0 Å². The second-order valence-electron chi connectivity index (χ2n) is 12.9. The molecule has 0 radical (unpaired) electrons. The Balaban J connectivity index is 1.73. The zero-order valence-electron chi connectivity index (χ0n) is 25.7. The van der Waals surface area contributed by atoms with Gasteiger partial charge >= 0.3 is 25.7 Å². The van der Waals surface area contributed by atoms with Crippen molar-refractivity contribution in [2.45, 2.75) is 153 Å². The summed E-state index contributed by atoms with van der Waals surface area (Å²) in [5.74, 6) is 0. The molecule has 9 heteroatoms. The number of hydrogen-bond acceptors (Lipinski definition) is 6. The molecule has 4 fully saturated rings. The first kappa shape index (κ1) is 32.3. The average Bonchev–Trinajstić information content (AvgIpc) is 3.75. The van der Waals surface area contributed by atoms with E-state index in [-0.39, 0.29) is 0 Å². The van der Waals surface area contributed by atoms with Crippen LogP contribution in [-0.2, 0) is 26.6 Å². The molecule has 39 heavy (non-hydrogen) atoms. The minimum absolute atomic E-state index is 0.510. The summed E-state index contributed by atoms with van der Waals surface area (Å²) in [7, 11) is -8.18. The van der Waals surface area contributed by atoms with Crippen LogP contribution in [0.4, 0.5) is 0 Å². The minimum Gasteiger partial charge on any atom is -0.412 e. The van der Waals surface area contributed by atoms with Crippen molar-refractivity contribution in [2.75, 3.05) is 38.5 Å². The lowest BCUT2D eigenvalue weighted by atomic mass is 10.4. The Kier molecular flexibility index (Phi) is 13.5. The second kappa shape index (κ2) is 16.3. The lowest BCUT2D eigenvalue weighted by Crippen LogP contribution is -2.77. The highest BCUT2D eigenvalue weighted by atomic mass is 28.5. The van der Waals surface area contributed by atoms with E-state index in [9.17, 15) is 0 Å². The van der Waals surface area contributed by atoms with E-state index in [4.69, 9.17) is 26.6 Å². The van der Waals surface area contributed by atoms with Crippen LogP contribution in [0.3, 0.4) is 0 Å². The van der Waals surface area contributed by atoms with Gasteiger partial charge in [-0.2, -0.15) is 0 Å². The molecule has 228 valence electrons. The monoisotopic (exact) mass is 600 g/mol. The smallest absolute Gasteiger partial charge is 0.350 e. The van der Waals surface area contributed by atoms with E-state index in [0.717, 1.165) is 58.3 Å². The quantitative estimate of drug-likeness (QED) is 0.117. The summed E-state index contributed by atoms with van der Waals surface area (Å²) < 4.78 is 42.7. The Morgan fingerprint density at radius 2 is 0.718 bits per heavy atom. The Bertz CT molecular complexity index is 583. The Hall–Kier alpha value is 0.411. The minimum atomic E-state index is -2.73. The highest BCUT2D eigenvalue weighted by Gasteiger charge is 2.69. The van der Waals surface area contributed by atoms with Gasteiger partial charge in [0.15, 0.2) is 0 Å². The van der Waals surface area contributed by atoms with Gasteiger partial charge in [0.25, 0.3) is 0 Å². The molecule has 0 aromatic rings. The van der Waals surface area contributed by atoms with Crippen molar-refractivity contribution in [3.05, 3.63) is 0 Å². The summed E-state index contributed by atoms with van der Waals surface area (Å²) in [4.78, 5) is 0. The van der Waals surface area contributed by atoms with Crippen LogP contribution in [0, 0.1) is 0 Å². The molecule has 0 unspecified atom stereocenters. The van der Waals surface area contributed by atoms with Gasteiger partial charge in [0.2, 0.25) is 0 Å². The second-order valence-corrected chi connectivity index (χ2v) is 23.5. The summed E-state index contributed by atoms with van der Waals surface area (Å²) >= 11 is 0. The van der Waals surface area contributed by atoms with Crippen molar-refractivity contribution in [2.24, 2.45) is 0 Å². The summed E-state index contributed by atoms with van der Waals surface area (Å²) in [6, 6.07) is 0. The van der Waals surface area contributed by atoms with Crippen LogP contribution in [0.2, 0.25) is 16.6 Å². The third-order valence-electron chi connectivity index (χ3n) is 9.80. The molecule has 0 aromatic heterocycles. The Morgan fingerprint density at radius 3 is 0.949 bits per heavy atom. The van der Waals surface area contributed by atoms with E-state index in [1.165, 1.54) is 77.0 Å². The maximum absolute atomic E-state index is 7.69. The molecule has 0 N–H and O–H groups in total. The van der Waals surface area contributed by atoms with E-state index in [0.29, 0.717) is 35.3 Å². The molecule has 1 heterocycles. The molecule has 0 aromatic carbocycles. The van der Waals surface area contributed by atoms with Crippen LogP contribution in [0.15, 0.2) is 0 Å². The summed E-state index contributed by atoms with van der Waals surface area (Å²) in [5, 5.41) is 0. The van der Waals surface area contributed by atoms with Gasteiger partial charge in [-0.1, -0.05) is 78.6 Å². The van der Waals surface area contributed by atoms with Gasteiger partial charge in [0.05, 0.1) is 18.7 Å². The maximum atomic E-state index is 7.69. The van der Waals surface area contributed by atoms with Crippen LogP contribution < -0.4 is 0 Å². The third kappa shape index (κ3) is 8.28. The fourth-order valence-electron chi connectivity index (χ4n) is 7.45. The van der Waals surface area contributed by atoms with Crippen molar-refractivity contribution < 1.29 is 26.6 Å². The third-order valence-corrected chi connectivity index (χ3v) is 25.4. The van der Waals surface area contributed by atoms with Crippen molar-refractivity contribution in [3.8, 4) is 0 Å². The predicted octanol–water partition coefficient (Wildman–Crippen LogP) is 8.28. The zero-order chi connectivity index (χ0) is 27.4. The van der Waals surface area contributed by atoms with E-state index in [1.54, 1.807) is 0 Å². The molecule has 1 saturated heterocycles. The summed E-state index contributed by atoms with van der Waals surface area (Å²) in [6.45, 7) is 9.15. The lowest BCUT2D eigenvalue weighted by molar-refractivity contribution is 0.0718. The van der Waals surface area contributed by atoms with Gasteiger partial charge in [0, 0.05) is 36.4 Å². The maximum Gasteiger partial charge on any atom is 0.350 e. The summed E-state index contributed by atoms with van der Waals surface area (Å²) in [6.07, 6.45) is 23.9. The van der Waals surface area contributed by atoms with Crippen molar-refractivity contribution >= 4 is 25.7 Å². The number of unbranched alkanes of at least 4 members (excludes halogenated alkanes) is 3. The zero-order valence-corrected chi connectivity index (χ0v) is 28.7. The normalized spacial score (nSPS) is 33.0. The number of ether oxygens (including phenoxy) is 3. The molecular formula is C30H60O6Si3. The molecule has 4 aliphatic rings. The van der Waals surface area contributed by atoms with Crippen molar-refractivity contribution in [1.82, 2.24) is 0 Å². The van der Waals surface area contributed by atoms with Gasteiger partial charge < -0.3 is 26.6 Å². The van der Waals surface area contributed by atoms with Gasteiger partial charge in [-0.15, -0.1) is 0 Å². The van der Waals surface area contributed by atoms with Crippen LogP contribution in [-0.4, -0.2) is 64.2 Å². The molecule has 3 aliphatic carbocycles. The van der Waals surface area contributed by atoms with E-state index in [1.807, 2.05) is 0 Å². The van der Waals surface area contributed by atoms with Gasteiger partial charge in [-0.3, -0.25) is 0 Å². The molecule has 0 bridgehead atoms. The lowest BCUT2D eigenvalue weighted by Gasteiger charge is -2.57. The molecule has 0 atom stereocenters. The average molecular weight is 601 g/mol. The summed E-state index contributed by atoms with van der Waals surface area (Å²) in [5.41, 5.74) is 1.53. The first-order valence-electron chi connectivity index (χ1n) is 17.0. The van der Waals surface area contributed by atoms with E-state index < -0.39 is 25.7 Å². The van der Waals surface area contributed by atoms with Gasteiger partial charge in [-0.25, -0.2) is 0 Å². The van der Waals surface area contributed by atoms with Crippen LogP contribution in [0.1, 0.15) is 136 Å². The van der Waals surface area contributed by atoms with E-state index in [2.05, 4.69) is 20.8 Å². The van der Waals surface area contributed by atoms with Crippen molar-refractivity contribution in [3.63, 3.8) is 0 Å². The molecule has 3 saturated carbocycles. The molecule has 0 amide bonds. The fourth-order valence-corrected chi connectivity index (χ4v) is 27.4. The number of rotatable bonds is 18. The van der Waals surface area contributed by atoms with Crippen LogP contribution >= 0.6 is 0 Å². The molecular weight excluding hydrogens is 541 g/mol. The molecule has 6 nitrogen and oxygen atoms in total. The molecule has 4 rings (SSSR count). The fraction of sp³-hybridized carbons (Fsp3) is 1.00. The van der Waals surface area contributed by atoms with Gasteiger partial charge in [0.1, 0.15) is 0 Å². The first-order chi connectivity index (χ1) is 19.1. The topological polar surface area (TPSA) is 55.4 Å². The Labute approximate surface area is 243 Å². The first-order valence-corrected chi connectivity index (χ1v) is 23.3. The number of hydrogen-bond donors (Lipinski definition) is 0. The van der Waals surface area contributed by atoms with E-state index >= 15 is 0 Å². The highest BCUT2D eigenvalue weighted by Crippen LogP contribution is 2.54. The standard InChI is InChI=1S/C30H60O6Si3/c1-4-7-22-31-25-37(28-16-10-11-17-28)34-38(26-32-23-8-5-2,29-18-12-13-19-29)36-39(35-37,27-33-24-9-6-3)30-20-14-15-21-30/h28-30H,4-27H2,1-3H3. The molecule has 0 spiro atoms.